The van der Waals surface area contributed by atoms with Crippen molar-refractivity contribution < 1.29 is 0 Å². The molecule has 1 aliphatic rings. The second-order valence-corrected chi connectivity index (χ2v) is 6.84. The van der Waals surface area contributed by atoms with Gasteiger partial charge in [-0.15, -0.1) is 144 Å². The Balaban J connectivity index is -0.0000000600. The quantitative estimate of drug-likeness (QED) is 0.271. The molecule has 0 amide bonds. The Morgan fingerprint density at radius 1 is 0.292 bits per heavy atom. The maximum atomic E-state index is 5.88. The zero-order valence-corrected chi connectivity index (χ0v) is 21.1. The lowest BCUT2D eigenvalue weighted by Crippen LogP contribution is -2.52. The lowest BCUT2D eigenvalue weighted by Gasteiger charge is -2.37. The van der Waals surface area contributed by atoms with E-state index in [0.717, 1.165) is 0 Å². The lowest BCUT2D eigenvalue weighted by molar-refractivity contribution is 0.544. The highest BCUT2D eigenvalue weighted by Gasteiger charge is 2.46. The summed E-state index contributed by atoms with van der Waals surface area (Å²) >= 11 is 35.3. The Morgan fingerprint density at radius 2 is 0.375 bits per heavy atom. The third-order valence-electron chi connectivity index (χ3n) is 2.49. The molecule has 0 bridgehead atoms. The Bertz CT molecular complexity index is 255. The number of alkyl halides is 6. The summed E-state index contributed by atoms with van der Waals surface area (Å²) in [6.45, 7) is 0. The van der Waals surface area contributed by atoms with Crippen LogP contribution in [0.1, 0.15) is 0 Å². The second kappa shape index (κ2) is 22.0. The van der Waals surface area contributed by atoms with E-state index in [1.165, 1.54) is 0 Å². The molecule has 1 aromatic rings. The van der Waals surface area contributed by atoms with E-state index in [-0.39, 0.29) is 74.4 Å². The van der Waals surface area contributed by atoms with Gasteiger partial charge in [0.05, 0.1) is 32.3 Å². The van der Waals surface area contributed by atoms with Crippen LogP contribution in [0, 0.1) is 0 Å². The SMILES string of the molecule is Cl.Cl.Cl.Cl.Cl.Cl.ClC1C(Cl)C(Cl)C(Cl)C(Cl)C1Cl.c1ccccc1. The zero-order valence-electron chi connectivity index (χ0n) is 11.6. The van der Waals surface area contributed by atoms with Crippen LogP contribution < -0.4 is 0 Å². The first-order chi connectivity index (χ1) is 8.46. The van der Waals surface area contributed by atoms with Crippen LogP contribution in [0.5, 0.6) is 0 Å². The fraction of sp³-hybridized carbons (Fsp3) is 0.500. The number of hydrogen-bond acceptors (Lipinski definition) is 0. The average molecular weight is 588 g/mol. The molecular weight excluding hydrogens is 570 g/mol. The molecule has 0 saturated heterocycles. The van der Waals surface area contributed by atoms with Crippen molar-refractivity contribution in [2.75, 3.05) is 0 Å². The van der Waals surface area contributed by atoms with E-state index in [1.807, 2.05) is 36.4 Å². The van der Waals surface area contributed by atoms with Crippen LogP contribution in [-0.4, -0.2) is 32.3 Å². The molecule has 0 aliphatic heterocycles. The fourth-order valence-electron chi connectivity index (χ4n) is 1.44. The smallest absolute Gasteiger partial charge is 0.0693 e. The van der Waals surface area contributed by atoms with Crippen LogP contribution in [0.4, 0.5) is 0 Å². The van der Waals surface area contributed by atoms with Gasteiger partial charge in [0.25, 0.3) is 0 Å². The molecule has 0 heterocycles. The van der Waals surface area contributed by atoms with Gasteiger partial charge in [-0.05, 0) is 0 Å². The Labute approximate surface area is 210 Å². The molecule has 0 aromatic heterocycles. The Morgan fingerprint density at radius 3 is 0.458 bits per heavy atom. The van der Waals surface area contributed by atoms with E-state index in [2.05, 4.69) is 0 Å². The molecule has 12 heteroatoms. The maximum absolute atomic E-state index is 5.88. The third kappa shape index (κ3) is 13.0. The molecular formula is C12H18Cl12. The molecule has 24 heavy (non-hydrogen) atoms. The normalized spacial score (nSPS) is 29.8. The first-order valence-electron chi connectivity index (χ1n) is 5.31. The summed E-state index contributed by atoms with van der Waals surface area (Å²) in [5.74, 6) is 0. The van der Waals surface area contributed by atoms with Crippen LogP contribution in [0.25, 0.3) is 0 Å². The molecule has 0 unspecified atom stereocenters. The summed E-state index contributed by atoms with van der Waals surface area (Å²) in [5.41, 5.74) is 0. The highest BCUT2D eigenvalue weighted by atomic mass is 35.5. The summed E-state index contributed by atoms with van der Waals surface area (Å²) in [5, 5.41) is -2.62. The minimum Gasteiger partial charge on any atom is -0.147 e. The summed E-state index contributed by atoms with van der Waals surface area (Å²) in [4.78, 5) is 0. The van der Waals surface area contributed by atoms with Crippen LogP contribution in [0.2, 0.25) is 0 Å². The van der Waals surface area contributed by atoms with Crippen LogP contribution >= 0.6 is 144 Å². The minimum absolute atomic E-state index is 0. The number of hydrogen-bond donors (Lipinski definition) is 0. The third-order valence-corrected chi connectivity index (χ3v) is 6.52. The minimum atomic E-state index is -0.437. The van der Waals surface area contributed by atoms with Crippen molar-refractivity contribution >= 4 is 144 Å². The predicted octanol–water partition coefficient (Wildman–Crippen LogP) is 7.86. The van der Waals surface area contributed by atoms with Crippen molar-refractivity contribution in [3.8, 4) is 0 Å². The fourth-order valence-corrected chi connectivity index (χ4v) is 3.77. The van der Waals surface area contributed by atoms with Crippen LogP contribution in [-0.2, 0) is 0 Å². The standard InChI is InChI=1S/C6H6Cl6.C6H6.6ClH/c7-1-2(8)4(10)6(12)5(11)3(1)9;1-2-4-6-5-3-1;;;;;;/h1-6H;1-6H;6*1H. The lowest BCUT2D eigenvalue weighted by atomic mass is 9.97. The van der Waals surface area contributed by atoms with Gasteiger partial charge in [0, 0.05) is 0 Å². The van der Waals surface area contributed by atoms with E-state index in [9.17, 15) is 0 Å². The van der Waals surface area contributed by atoms with Gasteiger partial charge in [-0.1, -0.05) is 36.4 Å². The molecule has 0 spiro atoms. The van der Waals surface area contributed by atoms with Gasteiger partial charge in [0.2, 0.25) is 0 Å². The van der Waals surface area contributed by atoms with Gasteiger partial charge in [-0.2, -0.15) is 0 Å². The predicted molar refractivity (Wildman–Crippen MR) is 128 cm³/mol. The molecule has 0 nitrogen and oxygen atoms in total. The molecule has 1 saturated carbocycles. The summed E-state index contributed by atoms with van der Waals surface area (Å²) in [7, 11) is 0. The number of rotatable bonds is 0. The van der Waals surface area contributed by atoms with Crippen molar-refractivity contribution in [2.24, 2.45) is 0 Å². The first-order valence-corrected chi connectivity index (χ1v) is 7.93. The van der Waals surface area contributed by atoms with Gasteiger partial charge < -0.3 is 0 Å². The summed E-state index contributed by atoms with van der Waals surface area (Å²) in [6.07, 6.45) is 0. The Hall–Kier alpha value is 2.70. The molecule has 1 fully saturated rings. The summed E-state index contributed by atoms with van der Waals surface area (Å²) < 4.78 is 0. The van der Waals surface area contributed by atoms with Gasteiger partial charge in [-0.3, -0.25) is 0 Å². The van der Waals surface area contributed by atoms with Gasteiger partial charge in [-0.25, -0.2) is 0 Å². The van der Waals surface area contributed by atoms with Crippen LogP contribution in [0.3, 0.4) is 0 Å². The van der Waals surface area contributed by atoms with E-state index in [0.29, 0.717) is 0 Å². The number of benzene rings is 1. The van der Waals surface area contributed by atoms with Gasteiger partial charge >= 0.3 is 0 Å². The zero-order chi connectivity index (χ0) is 13.7. The van der Waals surface area contributed by atoms with Crippen molar-refractivity contribution in [2.45, 2.75) is 32.3 Å². The molecule has 0 N–H and O–H groups in total. The Kier molecular flexibility index (Phi) is 37.7. The summed E-state index contributed by atoms with van der Waals surface area (Å²) in [6, 6.07) is 12.0. The van der Waals surface area contributed by atoms with Crippen molar-refractivity contribution in [1.29, 1.82) is 0 Å². The monoisotopic (exact) mass is 582 g/mol. The highest BCUT2D eigenvalue weighted by molar-refractivity contribution is 6.45. The number of halogens is 12. The first kappa shape index (κ1) is 41.2. The maximum Gasteiger partial charge on any atom is 0.0693 e. The largest absolute Gasteiger partial charge is 0.147 e. The highest BCUT2D eigenvalue weighted by Crippen LogP contribution is 2.39. The van der Waals surface area contributed by atoms with E-state index in [1.54, 1.807) is 0 Å². The van der Waals surface area contributed by atoms with Crippen LogP contribution in [0.15, 0.2) is 36.4 Å². The van der Waals surface area contributed by atoms with Crippen molar-refractivity contribution in [3.05, 3.63) is 36.4 Å². The van der Waals surface area contributed by atoms with Crippen molar-refractivity contribution in [3.63, 3.8) is 0 Å². The van der Waals surface area contributed by atoms with E-state index in [4.69, 9.17) is 69.6 Å². The molecule has 1 aromatic carbocycles. The molecule has 1 aliphatic carbocycles. The van der Waals surface area contributed by atoms with Gasteiger partial charge in [0.1, 0.15) is 0 Å². The van der Waals surface area contributed by atoms with Crippen molar-refractivity contribution in [1.82, 2.24) is 0 Å². The van der Waals surface area contributed by atoms with E-state index >= 15 is 0 Å². The second-order valence-electron chi connectivity index (χ2n) is 3.82. The average Bonchev–Trinajstić information content (AvgIpc) is 2.43. The molecule has 150 valence electrons. The van der Waals surface area contributed by atoms with Gasteiger partial charge in [0.15, 0.2) is 0 Å². The molecule has 0 atom stereocenters. The topological polar surface area (TPSA) is 0 Å². The molecule has 0 radical (unpaired) electrons. The molecule has 2 rings (SSSR count). The van der Waals surface area contributed by atoms with E-state index < -0.39 is 32.3 Å².